The molecule has 196 valence electrons. The van der Waals surface area contributed by atoms with Gasteiger partial charge in [-0.1, -0.05) is 32.0 Å². The van der Waals surface area contributed by atoms with E-state index < -0.39 is 23.7 Å². The van der Waals surface area contributed by atoms with Crippen LogP contribution in [0.2, 0.25) is 0 Å². The summed E-state index contributed by atoms with van der Waals surface area (Å²) < 4.78 is 16.2. The number of esters is 1. The van der Waals surface area contributed by atoms with Crippen molar-refractivity contribution in [3.63, 3.8) is 0 Å². The van der Waals surface area contributed by atoms with Gasteiger partial charge in [-0.25, -0.2) is 0 Å². The Hall–Kier alpha value is -3.79. The number of carbonyl (C=O) groups is 4. The molecule has 9 nitrogen and oxygen atoms in total. The summed E-state index contributed by atoms with van der Waals surface area (Å²) in [5, 5.41) is 2.23. The smallest absolute Gasteiger partial charge is 0.326 e. The molecule has 10 heteroatoms. The van der Waals surface area contributed by atoms with Crippen molar-refractivity contribution < 1.29 is 33.4 Å². The number of amides is 3. The van der Waals surface area contributed by atoms with Crippen molar-refractivity contribution in [2.45, 2.75) is 39.7 Å². The van der Waals surface area contributed by atoms with Crippen LogP contribution in [0.5, 0.6) is 11.5 Å². The van der Waals surface area contributed by atoms with E-state index in [1.165, 1.54) is 18.7 Å². The third-order valence-corrected chi connectivity index (χ3v) is 6.47. The zero-order valence-electron chi connectivity index (χ0n) is 21.2. The first-order valence-corrected chi connectivity index (χ1v) is 12.7. The number of anilines is 1. The van der Waals surface area contributed by atoms with Gasteiger partial charge in [-0.15, -0.1) is 0 Å². The molecule has 1 aliphatic rings. The highest BCUT2D eigenvalue weighted by Crippen LogP contribution is 2.34. The monoisotopic (exact) mass is 526 g/mol. The lowest BCUT2D eigenvalue weighted by atomic mass is 10.1. The Labute approximate surface area is 220 Å². The molecule has 0 unspecified atom stereocenters. The summed E-state index contributed by atoms with van der Waals surface area (Å²) in [6.45, 7) is 5.00. The lowest BCUT2D eigenvalue weighted by molar-refractivity contribution is -0.150. The fourth-order valence-electron chi connectivity index (χ4n) is 3.32. The molecule has 0 spiro atoms. The fourth-order valence-corrected chi connectivity index (χ4v) is 4.16. The van der Waals surface area contributed by atoms with Crippen LogP contribution in [0.4, 0.5) is 10.5 Å². The first-order valence-electron chi connectivity index (χ1n) is 11.9. The zero-order chi connectivity index (χ0) is 26.9. The van der Waals surface area contributed by atoms with Crippen LogP contribution in [0.25, 0.3) is 6.08 Å². The van der Waals surface area contributed by atoms with Crippen LogP contribution in [0.15, 0.2) is 47.4 Å². The highest BCUT2D eigenvalue weighted by atomic mass is 32.2. The van der Waals surface area contributed by atoms with E-state index in [1.54, 1.807) is 25.1 Å². The predicted molar refractivity (Wildman–Crippen MR) is 141 cm³/mol. The van der Waals surface area contributed by atoms with E-state index in [-0.39, 0.29) is 23.5 Å². The number of nitrogens with one attached hydrogen (secondary N) is 1. The van der Waals surface area contributed by atoms with Gasteiger partial charge in [0.25, 0.3) is 17.1 Å². The van der Waals surface area contributed by atoms with E-state index in [1.807, 2.05) is 31.2 Å². The van der Waals surface area contributed by atoms with Gasteiger partial charge >= 0.3 is 5.97 Å². The number of methoxy groups -OCH3 is 1. The number of rotatable bonds is 11. The maximum absolute atomic E-state index is 12.7. The minimum Gasteiger partial charge on any atom is -0.493 e. The third kappa shape index (κ3) is 7.60. The number of nitrogens with zero attached hydrogens (tertiary/aromatic N) is 1. The Kier molecular flexibility index (Phi) is 9.73. The summed E-state index contributed by atoms with van der Waals surface area (Å²) in [6, 6.07) is 12.5. The average Bonchev–Trinajstić information content (AvgIpc) is 3.15. The molecule has 1 atom stereocenters. The summed E-state index contributed by atoms with van der Waals surface area (Å²) in [6.07, 6.45) is 2.78. The number of ether oxygens (including phenoxy) is 3. The van der Waals surface area contributed by atoms with Crippen molar-refractivity contribution in [3.8, 4) is 11.5 Å². The Balaban J connectivity index is 1.62. The normalized spacial score (nSPS) is 15.0. The van der Waals surface area contributed by atoms with Crippen molar-refractivity contribution >= 4 is 46.5 Å². The van der Waals surface area contributed by atoms with Crippen LogP contribution in [-0.2, 0) is 25.5 Å². The molecule has 0 radical (unpaired) electrons. The van der Waals surface area contributed by atoms with Gasteiger partial charge in [-0.05, 0) is 73.0 Å². The van der Waals surface area contributed by atoms with Gasteiger partial charge in [0, 0.05) is 5.69 Å². The summed E-state index contributed by atoms with van der Waals surface area (Å²) in [7, 11) is 1.46. The number of hydrogen-bond donors (Lipinski definition) is 1. The maximum atomic E-state index is 12.7. The van der Waals surface area contributed by atoms with Crippen LogP contribution in [0, 0.1) is 0 Å². The number of thioether (sulfide) groups is 1. The van der Waals surface area contributed by atoms with Crippen LogP contribution >= 0.6 is 11.8 Å². The SMILES string of the molecule is CCc1ccc(NC(=O)COc2ccc(/C=C3\SC(=O)N(CC(=O)O[C@H](C)CC)C3=O)cc2OC)cc1. The highest BCUT2D eigenvalue weighted by molar-refractivity contribution is 8.18. The second-order valence-electron chi connectivity index (χ2n) is 8.27. The van der Waals surface area contributed by atoms with Crippen LogP contribution < -0.4 is 14.8 Å². The Morgan fingerprint density at radius 3 is 2.46 bits per heavy atom. The maximum Gasteiger partial charge on any atom is 0.326 e. The fraction of sp³-hybridized carbons (Fsp3) is 0.333. The van der Waals surface area contributed by atoms with Crippen molar-refractivity contribution in [2.24, 2.45) is 0 Å². The quantitative estimate of drug-likeness (QED) is 0.333. The second-order valence-corrected chi connectivity index (χ2v) is 9.27. The van der Waals surface area contributed by atoms with E-state index in [0.717, 1.165) is 23.1 Å². The second kappa shape index (κ2) is 13.0. The third-order valence-electron chi connectivity index (χ3n) is 5.56. The highest BCUT2D eigenvalue weighted by Gasteiger charge is 2.36. The number of hydrogen-bond acceptors (Lipinski definition) is 8. The van der Waals surface area contributed by atoms with Crippen LogP contribution in [0.1, 0.15) is 38.3 Å². The van der Waals surface area contributed by atoms with Crippen molar-refractivity contribution in [1.82, 2.24) is 4.90 Å². The van der Waals surface area contributed by atoms with Gasteiger partial charge in [0.15, 0.2) is 18.1 Å². The van der Waals surface area contributed by atoms with Gasteiger partial charge in [0.1, 0.15) is 6.54 Å². The topological polar surface area (TPSA) is 111 Å². The molecule has 0 saturated carbocycles. The van der Waals surface area contributed by atoms with E-state index in [9.17, 15) is 19.2 Å². The number of imide groups is 1. The van der Waals surface area contributed by atoms with Crippen LogP contribution in [0.3, 0.4) is 0 Å². The molecule has 3 rings (SSSR count). The predicted octanol–water partition coefficient (Wildman–Crippen LogP) is 4.65. The Morgan fingerprint density at radius 1 is 1.08 bits per heavy atom. The summed E-state index contributed by atoms with van der Waals surface area (Å²) >= 11 is 0.744. The number of benzene rings is 2. The lowest BCUT2D eigenvalue weighted by Crippen LogP contribution is -2.35. The van der Waals surface area contributed by atoms with E-state index in [4.69, 9.17) is 14.2 Å². The van der Waals surface area contributed by atoms with Gasteiger partial charge in [0.05, 0.1) is 18.1 Å². The standard InChI is InChI=1S/C27H30N2O7S/c1-5-17(3)36-25(31)15-29-26(32)23(37-27(29)33)14-19-9-12-21(22(13-19)34-4)35-16-24(30)28-20-10-7-18(6-2)8-11-20/h7-14,17H,5-6,15-16H2,1-4H3,(H,28,30)/b23-14-/t17-/m1/s1. The molecule has 37 heavy (non-hydrogen) atoms. The molecule has 2 aromatic rings. The Bertz CT molecular complexity index is 1190. The van der Waals surface area contributed by atoms with Crippen molar-refractivity contribution in [1.29, 1.82) is 0 Å². The molecule has 1 heterocycles. The number of carbonyl (C=O) groups excluding carboxylic acids is 4. The first-order chi connectivity index (χ1) is 17.7. The molecular weight excluding hydrogens is 496 g/mol. The summed E-state index contributed by atoms with van der Waals surface area (Å²) in [5.74, 6) is -0.833. The molecule has 1 fully saturated rings. The van der Waals surface area contributed by atoms with Gasteiger partial charge in [-0.2, -0.15) is 0 Å². The molecule has 0 aliphatic carbocycles. The first kappa shape index (κ1) is 27.8. The average molecular weight is 527 g/mol. The molecule has 2 aromatic carbocycles. The Morgan fingerprint density at radius 2 is 1.81 bits per heavy atom. The van der Waals surface area contributed by atoms with E-state index >= 15 is 0 Å². The largest absolute Gasteiger partial charge is 0.493 e. The molecular formula is C27H30N2O7S. The number of aryl methyl sites for hydroxylation is 1. The molecule has 0 aromatic heterocycles. The zero-order valence-corrected chi connectivity index (χ0v) is 22.1. The lowest BCUT2D eigenvalue weighted by Gasteiger charge is -2.14. The molecule has 0 bridgehead atoms. The molecule has 1 aliphatic heterocycles. The van der Waals surface area contributed by atoms with E-state index in [0.29, 0.717) is 29.2 Å². The molecule has 1 N–H and O–H groups in total. The summed E-state index contributed by atoms with van der Waals surface area (Å²) in [5.41, 5.74) is 2.43. The van der Waals surface area contributed by atoms with E-state index in [2.05, 4.69) is 12.2 Å². The molecule has 3 amide bonds. The van der Waals surface area contributed by atoms with Gasteiger partial charge in [0.2, 0.25) is 0 Å². The molecule has 1 saturated heterocycles. The minimum atomic E-state index is -0.636. The van der Waals surface area contributed by atoms with Crippen LogP contribution in [-0.4, -0.2) is 54.3 Å². The summed E-state index contributed by atoms with van der Waals surface area (Å²) in [4.78, 5) is 50.4. The van der Waals surface area contributed by atoms with Crippen molar-refractivity contribution in [2.75, 3.05) is 25.6 Å². The minimum absolute atomic E-state index is 0.172. The van der Waals surface area contributed by atoms with Gasteiger partial charge in [-0.3, -0.25) is 24.1 Å². The van der Waals surface area contributed by atoms with Gasteiger partial charge < -0.3 is 19.5 Å². The van der Waals surface area contributed by atoms with Crippen molar-refractivity contribution in [3.05, 3.63) is 58.5 Å².